The van der Waals surface area contributed by atoms with Crippen LogP contribution in [0.25, 0.3) is 0 Å². The van der Waals surface area contributed by atoms with E-state index in [9.17, 15) is 10.2 Å². The van der Waals surface area contributed by atoms with Gasteiger partial charge >= 0.3 is 0 Å². The second-order valence-corrected chi connectivity index (χ2v) is 5.79. The number of hydrogen-bond acceptors (Lipinski definition) is 1. The van der Waals surface area contributed by atoms with Crippen molar-refractivity contribution >= 4 is 0 Å². The van der Waals surface area contributed by atoms with Gasteiger partial charge in [0.05, 0.1) is 6.61 Å². The summed E-state index contributed by atoms with van der Waals surface area (Å²) in [6, 6.07) is 0. The highest BCUT2D eigenvalue weighted by atomic mass is 16.3. The standard InChI is InChI=1S/C12H23O2/c1-8(2)12(9(3)4)10(5,6)11(12,14)7-13/h8-9,13H,7H2,1-6H3. The van der Waals surface area contributed by atoms with Crippen molar-refractivity contribution in [2.24, 2.45) is 22.7 Å². The van der Waals surface area contributed by atoms with E-state index >= 15 is 0 Å². The third-order valence-electron chi connectivity index (χ3n) is 4.69. The van der Waals surface area contributed by atoms with Crippen LogP contribution in [0.1, 0.15) is 41.5 Å². The van der Waals surface area contributed by atoms with Crippen LogP contribution in [0.15, 0.2) is 0 Å². The maximum Gasteiger partial charge on any atom is 0.139 e. The summed E-state index contributed by atoms with van der Waals surface area (Å²) in [5.74, 6) is 0.643. The predicted molar refractivity (Wildman–Crippen MR) is 56.4 cm³/mol. The number of rotatable bonds is 3. The van der Waals surface area contributed by atoms with Crippen molar-refractivity contribution < 1.29 is 10.2 Å². The number of aliphatic hydroxyl groups is 1. The molecule has 0 aromatic heterocycles. The summed E-state index contributed by atoms with van der Waals surface area (Å²) in [5, 5.41) is 21.8. The second kappa shape index (κ2) is 2.96. The number of aliphatic hydroxyl groups excluding tert-OH is 1. The van der Waals surface area contributed by atoms with Gasteiger partial charge in [-0.2, -0.15) is 0 Å². The van der Waals surface area contributed by atoms with Gasteiger partial charge in [0, 0.05) is 10.8 Å². The average Bonchev–Trinajstić information content (AvgIpc) is 2.43. The Hall–Kier alpha value is -0.0800. The first-order valence-corrected chi connectivity index (χ1v) is 5.51. The second-order valence-electron chi connectivity index (χ2n) is 5.79. The quantitative estimate of drug-likeness (QED) is 0.745. The molecule has 0 saturated heterocycles. The fourth-order valence-corrected chi connectivity index (χ4v) is 4.37. The van der Waals surface area contributed by atoms with E-state index in [2.05, 4.69) is 27.7 Å². The smallest absolute Gasteiger partial charge is 0.139 e. The molecule has 83 valence electrons. The zero-order valence-corrected chi connectivity index (χ0v) is 10.2. The lowest BCUT2D eigenvalue weighted by molar-refractivity contribution is -0.0501. The lowest BCUT2D eigenvalue weighted by Crippen LogP contribution is -2.31. The monoisotopic (exact) mass is 199 g/mol. The van der Waals surface area contributed by atoms with Crippen molar-refractivity contribution in [1.82, 2.24) is 0 Å². The fraction of sp³-hybridized carbons (Fsp3) is 1.00. The molecule has 0 heterocycles. The minimum Gasteiger partial charge on any atom is -0.393 e. The molecule has 1 aliphatic carbocycles. The van der Waals surface area contributed by atoms with Gasteiger partial charge in [0.15, 0.2) is 0 Å². The third kappa shape index (κ3) is 0.892. The Labute approximate surface area is 87.3 Å². The van der Waals surface area contributed by atoms with Crippen LogP contribution in [0.5, 0.6) is 0 Å². The van der Waals surface area contributed by atoms with Crippen molar-refractivity contribution in [2.75, 3.05) is 6.61 Å². The van der Waals surface area contributed by atoms with E-state index in [0.717, 1.165) is 0 Å². The predicted octanol–water partition coefficient (Wildman–Crippen LogP) is 2.49. The van der Waals surface area contributed by atoms with Crippen LogP contribution in [0.3, 0.4) is 0 Å². The molecule has 1 radical (unpaired) electrons. The average molecular weight is 199 g/mol. The molecule has 14 heavy (non-hydrogen) atoms. The fourth-order valence-electron chi connectivity index (χ4n) is 4.37. The molecule has 0 bridgehead atoms. The summed E-state index contributed by atoms with van der Waals surface area (Å²) in [4.78, 5) is 0. The van der Waals surface area contributed by atoms with Gasteiger partial charge in [0.2, 0.25) is 0 Å². The van der Waals surface area contributed by atoms with E-state index in [0.29, 0.717) is 11.8 Å². The van der Waals surface area contributed by atoms with Gasteiger partial charge in [0.25, 0.3) is 0 Å². The van der Waals surface area contributed by atoms with Crippen molar-refractivity contribution in [1.29, 1.82) is 0 Å². The van der Waals surface area contributed by atoms with E-state index in [1.807, 2.05) is 13.8 Å². The first-order valence-electron chi connectivity index (χ1n) is 5.51. The molecule has 0 aromatic rings. The molecule has 2 nitrogen and oxygen atoms in total. The Bertz CT molecular complexity index is 222. The Morgan fingerprint density at radius 2 is 1.43 bits per heavy atom. The molecule has 0 spiro atoms. The van der Waals surface area contributed by atoms with E-state index in [4.69, 9.17) is 0 Å². The molecule has 1 N–H and O–H groups in total. The molecule has 1 saturated carbocycles. The highest BCUT2D eigenvalue weighted by Gasteiger charge is 2.84. The molecule has 0 aromatic carbocycles. The Morgan fingerprint density at radius 3 is 1.50 bits per heavy atom. The normalized spacial score (nSPS) is 33.9. The Balaban J connectivity index is 3.17. The topological polar surface area (TPSA) is 40.1 Å². The van der Waals surface area contributed by atoms with Crippen LogP contribution in [-0.4, -0.2) is 17.3 Å². The summed E-state index contributed by atoms with van der Waals surface area (Å²) in [5.41, 5.74) is -1.70. The first kappa shape index (κ1) is 12.0. The lowest BCUT2D eigenvalue weighted by Gasteiger charge is -2.29. The van der Waals surface area contributed by atoms with Crippen LogP contribution in [0.2, 0.25) is 0 Å². The molecule has 0 amide bonds. The molecule has 1 fully saturated rings. The summed E-state index contributed by atoms with van der Waals surface area (Å²) in [6.07, 6.45) is 0. The van der Waals surface area contributed by atoms with Gasteiger partial charge in [-0.3, -0.25) is 0 Å². The van der Waals surface area contributed by atoms with Crippen molar-refractivity contribution in [3.05, 3.63) is 0 Å². The van der Waals surface area contributed by atoms with E-state index in [1.54, 1.807) is 0 Å². The zero-order chi connectivity index (χ0) is 11.4. The molecule has 0 aliphatic heterocycles. The number of hydrogen-bond donors (Lipinski definition) is 1. The third-order valence-corrected chi connectivity index (χ3v) is 4.69. The van der Waals surface area contributed by atoms with Crippen LogP contribution >= 0.6 is 0 Å². The van der Waals surface area contributed by atoms with Crippen LogP contribution in [0.4, 0.5) is 0 Å². The molecular weight excluding hydrogens is 176 g/mol. The summed E-state index contributed by atoms with van der Waals surface area (Å²) < 4.78 is 0. The summed E-state index contributed by atoms with van der Waals surface area (Å²) >= 11 is 0. The van der Waals surface area contributed by atoms with Gasteiger partial charge in [-0.05, 0) is 11.8 Å². The van der Waals surface area contributed by atoms with E-state index in [-0.39, 0.29) is 17.4 Å². The van der Waals surface area contributed by atoms with Crippen LogP contribution < -0.4 is 0 Å². The van der Waals surface area contributed by atoms with Gasteiger partial charge in [-0.25, -0.2) is 5.11 Å². The largest absolute Gasteiger partial charge is 0.393 e. The summed E-state index contributed by atoms with van der Waals surface area (Å²) in [6.45, 7) is 12.1. The Morgan fingerprint density at radius 1 is 1.07 bits per heavy atom. The highest BCUT2D eigenvalue weighted by molar-refractivity contribution is 5.31. The highest BCUT2D eigenvalue weighted by Crippen LogP contribution is 2.78. The zero-order valence-electron chi connectivity index (χ0n) is 10.2. The maximum atomic E-state index is 12.5. The molecule has 2 heteroatoms. The van der Waals surface area contributed by atoms with Crippen LogP contribution in [-0.2, 0) is 5.11 Å². The molecular formula is C12H23O2. The lowest BCUT2D eigenvalue weighted by atomic mass is 9.75. The van der Waals surface area contributed by atoms with Crippen molar-refractivity contribution in [3.8, 4) is 0 Å². The van der Waals surface area contributed by atoms with Crippen molar-refractivity contribution in [2.45, 2.75) is 47.1 Å². The molecule has 1 rings (SSSR count). The minimum atomic E-state index is -1.15. The van der Waals surface area contributed by atoms with Gasteiger partial charge in [0.1, 0.15) is 5.60 Å². The Kier molecular flexibility index (Phi) is 2.53. The minimum absolute atomic E-state index is 0.240. The maximum absolute atomic E-state index is 12.5. The van der Waals surface area contributed by atoms with E-state index < -0.39 is 5.60 Å². The van der Waals surface area contributed by atoms with Gasteiger partial charge < -0.3 is 5.11 Å². The molecule has 1 aliphatic rings. The first-order chi connectivity index (χ1) is 6.20. The van der Waals surface area contributed by atoms with E-state index in [1.165, 1.54) is 0 Å². The van der Waals surface area contributed by atoms with Crippen LogP contribution in [0, 0.1) is 22.7 Å². The van der Waals surface area contributed by atoms with Gasteiger partial charge in [-0.15, -0.1) is 0 Å². The molecule has 1 unspecified atom stereocenters. The SMILES string of the molecule is CC(C)C1(C(C)C)C(C)(C)C1([O])CO. The summed E-state index contributed by atoms with van der Waals surface area (Å²) in [7, 11) is 0. The van der Waals surface area contributed by atoms with Crippen molar-refractivity contribution in [3.63, 3.8) is 0 Å². The van der Waals surface area contributed by atoms with Gasteiger partial charge in [-0.1, -0.05) is 41.5 Å². The molecule has 1 atom stereocenters.